The average Bonchev–Trinajstić information content (AvgIpc) is 2.70. The van der Waals surface area contributed by atoms with Crippen molar-refractivity contribution in [3.05, 3.63) is 59.4 Å². The Morgan fingerprint density at radius 2 is 1.76 bits per heavy atom. The van der Waals surface area contributed by atoms with Crippen LogP contribution in [0.5, 0.6) is 0 Å². The van der Waals surface area contributed by atoms with Crippen molar-refractivity contribution in [3.63, 3.8) is 0 Å². The van der Waals surface area contributed by atoms with E-state index in [-0.39, 0.29) is 24.3 Å². The number of anilines is 2. The first-order chi connectivity index (χ1) is 15.3. The molecule has 0 spiro atoms. The molecule has 0 saturated carbocycles. The number of amides is 1. The number of hydrazine groups is 1. The summed E-state index contributed by atoms with van der Waals surface area (Å²) in [4.78, 5) is 23.8. The van der Waals surface area contributed by atoms with E-state index in [9.17, 15) is 27.2 Å². The molecule has 0 saturated heterocycles. The van der Waals surface area contributed by atoms with E-state index in [0.29, 0.717) is 11.8 Å². The van der Waals surface area contributed by atoms with Crippen LogP contribution < -0.4 is 10.7 Å². The van der Waals surface area contributed by atoms with Gasteiger partial charge in [0.05, 0.1) is 23.0 Å². The molecule has 0 aliphatic rings. The molecule has 0 aliphatic heterocycles. The van der Waals surface area contributed by atoms with E-state index < -0.39 is 35.3 Å². The van der Waals surface area contributed by atoms with Gasteiger partial charge in [-0.25, -0.2) is 14.2 Å². The second-order valence-electron chi connectivity index (χ2n) is 8.42. The van der Waals surface area contributed by atoms with Gasteiger partial charge in [-0.1, -0.05) is 18.2 Å². The van der Waals surface area contributed by atoms with Gasteiger partial charge in [0, 0.05) is 13.0 Å². The third kappa shape index (κ3) is 7.65. The molecule has 0 aromatic heterocycles. The highest BCUT2D eigenvalue weighted by Crippen LogP contribution is 2.39. The normalized spacial score (nSPS) is 12.6. The van der Waals surface area contributed by atoms with E-state index in [2.05, 4.69) is 10.7 Å². The van der Waals surface area contributed by atoms with Crippen molar-refractivity contribution in [3.8, 4) is 0 Å². The fraction of sp³-hybridized carbons (Fsp3) is 0.391. The van der Waals surface area contributed by atoms with Gasteiger partial charge in [-0.2, -0.15) is 13.2 Å². The Hall–Kier alpha value is -3.30. The highest BCUT2D eigenvalue weighted by atomic mass is 19.4. The zero-order valence-corrected chi connectivity index (χ0v) is 18.8. The molecule has 1 amide bonds. The number of carbonyl (C=O) groups excluding carboxylic acids is 2. The molecule has 0 aliphatic carbocycles. The summed E-state index contributed by atoms with van der Waals surface area (Å²) >= 11 is 0. The fourth-order valence-corrected chi connectivity index (χ4v) is 2.89. The number of aldehydes is 1. The van der Waals surface area contributed by atoms with Gasteiger partial charge in [0.2, 0.25) is 0 Å². The van der Waals surface area contributed by atoms with Crippen molar-refractivity contribution < 1.29 is 31.9 Å². The molecule has 0 fully saturated rings. The van der Waals surface area contributed by atoms with Gasteiger partial charge in [-0.15, -0.1) is 0 Å². The minimum atomic E-state index is -4.69. The van der Waals surface area contributed by atoms with E-state index >= 15 is 0 Å². The minimum absolute atomic E-state index is 0.0294. The van der Waals surface area contributed by atoms with Crippen LogP contribution in [0, 0.1) is 5.82 Å². The van der Waals surface area contributed by atoms with Crippen LogP contribution in [-0.2, 0) is 22.3 Å². The molecular formula is C23H27F4N3O3. The molecule has 6 nitrogen and oxygen atoms in total. The molecule has 2 aromatic rings. The predicted molar refractivity (Wildman–Crippen MR) is 117 cm³/mol. The lowest BCUT2D eigenvalue weighted by molar-refractivity contribution is -0.136. The number of nitrogens with zero attached hydrogens (tertiary/aromatic N) is 1. The van der Waals surface area contributed by atoms with Crippen molar-refractivity contribution >= 4 is 23.8 Å². The lowest BCUT2D eigenvalue weighted by atomic mass is 10.1. The monoisotopic (exact) mass is 469 g/mol. The topological polar surface area (TPSA) is 70.7 Å². The Morgan fingerprint density at radius 1 is 1.12 bits per heavy atom. The maximum Gasteiger partial charge on any atom is 0.429 e. The molecule has 10 heteroatoms. The number of ether oxygens (including phenoxy) is 1. The van der Waals surface area contributed by atoms with E-state index in [1.807, 2.05) is 0 Å². The number of halogens is 4. The lowest BCUT2D eigenvalue weighted by Crippen LogP contribution is -2.46. The van der Waals surface area contributed by atoms with Crippen molar-refractivity contribution in [1.29, 1.82) is 0 Å². The average molecular weight is 469 g/mol. The number of benzene rings is 2. The highest BCUT2D eigenvalue weighted by Gasteiger charge is 2.35. The van der Waals surface area contributed by atoms with Gasteiger partial charge in [0.15, 0.2) is 0 Å². The van der Waals surface area contributed by atoms with Crippen molar-refractivity contribution in [1.82, 2.24) is 5.01 Å². The van der Waals surface area contributed by atoms with Gasteiger partial charge in [0.25, 0.3) is 0 Å². The molecule has 180 valence electrons. The third-order valence-corrected chi connectivity index (χ3v) is 4.46. The fourth-order valence-electron chi connectivity index (χ4n) is 2.89. The van der Waals surface area contributed by atoms with Gasteiger partial charge in [-0.3, -0.25) is 5.43 Å². The van der Waals surface area contributed by atoms with E-state index in [1.54, 1.807) is 27.7 Å². The Labute approximate surface area is 189 Å². The third-order valence-electron chi connectivity index (χ3n) is 4.46. The van der Waals surface area contributed by atoms with Gasteiger partial charge in [-0.05, 0) is 57.5 Å². The van der Waals surface area contributed by atoms with E-state index in [1.165, 1.54) is 36.4 Å². The van der Waals surface area contributed by atoms with Crippen LogP contribution in [0.15, 0.2) is 42.5 Å². The first-order valence-electron chi connectivity index (χ1n) is 10.2. The molecule has 0 heterocycles. The van der Waals surface area contributed by atoms with Crippen molar-refractivity contribution in [2.24, 2.45) is 0 Å². The molecule has 0 unspecified atom stereocenters. The van der Waals surface area contributed by atoms with Crippen molar-refractivity contribution in [2.45, 2.75) is 58.5 Å². The summed E-state index contributed by atoms with van der Waals surface area (Å²) in [5, 5.41) is 3.72. The zero-order chi connectivity index (χ0) is 24.8. The molecule has 0 radical (unpaired) electrons. The number of alkyl halides is 3. The molecule has 2 N–H and O–H groups in total. The second-order valence-corrected chi connectivity index (χ2v) is 8.42. The van der Waals surface area contributed by atoms with Crippen LogP contribution in [0.4, 0.5) is 33.7 Å². The number of rotatable bonds is 8. The number of carbonyl (C=O) groups is 2. The summed E-state index contributed by atoms with van der Waals surface area (Å²) in [5.74, 6) is -0.464. The molecular weight excluding hydrogens is 442 g/mol. The molecule has 2 rings (SSSR count). The molecule has 33 heavy (non-hydrogen) atoms. The second kappa shape index (κ2) is 10.5. The SMILES string of the molecule is C[C@@H](CC=O)N(Nc1cccc(C(F)(F)F)c1NCc1ccc(F)cc1)C(=O)OC(C)(C)C. The Bertz CT molecular complexity index is 957. The number of nitrogens with one attached hydrogen (secondary N) is 2. The summed E-state index contributed by atoms with van der Waals surface area (Å²) in [6, 6.07) is 8.07. The molecule has 0 bridgehead atoms. The van der Waals surface area contributed by atoms with Crippen LogP contribution in [0.3, 0.4) is 0 Å². The first-order valence-corrected chi connectivity index (χ1v) is 10.2. The summed E-state index contributed by atoms with van der Waals surface area (Å²) in [7, 11) is 0. The maximum absolute atomic E-state index is 13.7. The van der Waals surface area contributed by atoms with Gasteiger partial charge < -0.3 is 14.8 Å². The van der Waals surface area contributed by atoms with E-state index in [4.69, 9.17) is 4.74 Å². The Balaban J connectivity index is 2.43. The summed E-state index contributed by atoms with van der Waals surface area (Å²) < 4.78 is 59.7. The smallest absolute Gasteiger partial charge is 0.429 e. The highest BCUT2D eigenvalue weighted by molar-refractivity contribution is 5.77. The Morgan fingerprint density at radius 3 is 2.30 bits per heavy atom. The Kier molecular flexibility index (Phi) is 8.29. The molecule has 1 atom stereocenters. The van der Waals surface area contributed by atoms with Crippen LogP contribution in [0.1, 0.15) is 45.2 Å². The van der Waals surface area contributed by atoms with Gasteiger partial charge >= 0.3 is 12.3 Å². The lowest BCUT2D eigenvalue weighted by Gasteiger charge is -2.32. The summed E-state index contributed by atoms with van der Waals surface area (Å²) in [6.07, 6.45) is -5.00. The summed E-state index contributed by atoms with van der Waals surface area (Å²) in [5.41, 5.74) is 1.07. The van der Waals surface area contributed by atoms with Crippen LogP contribution in [-0.4, -0.2) is 29.0 Å². The first kappa shape index (κ1) is 26.0. The van der Waals surface area contributed by atoms with Crippen LogP contribution in [0.2, 0.25) is 0 Å². The van der Waals surface area contributed by atoms with E-state index in [0.717, 1.165) is 11.1 Å². The zero-order valence-electron chi connectivity index (χ0n) is 18.8. The number of hydrogen-bond donors (Lipinski definition) is 2. The quantitative estimate of drug-likeness (QED) is 0.282. The van der Waals surface area contributed by atoms with Crippen molar-refractivity contribution in [2.75, 3.05) is 10.7 Å². The maximum atomic E-state index is 13.7. The van der Waals surface area contributed by atoms with Crippen LogP contribution in [0.25, 0.3) is 0 Å². The van der Waals surface area contributed by atoms with Gasteiger partial charge in [0.1, 0.15) is 17.7 Å². The summed E-state index contributed by atoms with van der Waals surface area (Å²) in [6.45, 7) is 6.47. The number of para-hydroxylation sites is 1. The molecule has 2 aromatic carbocycles. The standard InChI is InChI=1S/C23H27F4N3O3/c1-15(12-13-31)30(21(32)33-22(2,3)4)29-19-7-5-6-18(23(25,26)27)20(19)28-14-16-8-10-17(24)11-9-16/h5-11,13,15,28-29H,12,14H2,1-4H3/t15-/m0/s1. The number of hydrogen-bond acceptors (Lipinski definition) is 5. The minimum Gasteiger partial charge on any atom is -0.442 e. The largest absolute Gasteiger partial charge is 0.442 e. The van der Waals surface area contributed by atoms with Crippen LogP contribution >= 0.6 is 0 Å². The predicted octanol–water partition coefficient (Wildman–Crippen LogP) is 6.00.